The molecule has 2 heteroatoms. The van der Waals surface area contributed by atoms with Crippen LogP contribution in [0.15, 0.2) is 0 Å². The number of hydrogen-bond acceptors (Lipinski definition) is 2. The van der Waals surface area contributed by atoms with Crippen LogP contribution in [0.1, 0.15) is 58.3 Å². The molecule has 0 aromatic rings. The molecule has 2 rings (SSSR count). The Labute approximate surface area is 107 Å². The van der Waals surface area contributed by atoms with Crippen molar-refractivity contribution in [1.29, 1.82) is 0 Å². The summed E-state index contributed by atoms with van der Waals surface area (Å²) in [7, 11) is 0. The van der Waals surface area contributed by atoms with Gasteiger partial charge in [0, 0.05) is 19.3 Å². The quantitative estimate of drug-likeness (QED) is 0.656. The van der Waals surface area contributed by atoms with Gasteiger partial charge in [-0.2, -0.15) is 0 Å². The maximum Gasteiger partial charge on any atom is 0.0469 e. The van der Waals surface area contributed by atoms with Gasteiger partial charge in [-0.1, -0.05) is 32.6 Å². The van der Waals surface area contributed by atoms with Crippen LogP contribution in [0, 0.1) is 11.8 Å². The zero-order valence-electron chi connectivity index (χ0n) is 11.4. The molecular formula is C15H29NO. The van der Waals surface area contributed by atoms with Gasteiger partial charge in [0.1, 0.15) is 0 Å². The van der Waals surface area contributed by atoms with Crippen molar-refractivity contribution in [2.24, 2.45) is 11.8 Å². The number of rotatable bonds is 8. The summed E-state index contributed by atoms with van der Waals surface area (Å²) in [5, 5.41) is 3.62. The van der Waals surface area contributed by atoms with Gasteiger partial charge in [0.2, 0.25) is 0 Å². The molecule has 2 nitrogen and oxygen atoms in total. The second kappa shape index (κ2) is 7.38. The van der Waals surface area contributed by atoms with Crippen molar-refractivity contribution >= 4 is 0 Å². The summed E-state index contributed by atoms with van der Waals surface area (Å²) in [6.07, 6.45) is 11.1. The summed E-state index contributed by atoms with van der Waals surface area (Å²) in [5.41, 5.74) is 0. The maximum absolute atomic E-state index is 5.80. The summed E-state index contributed by atoms with van der Waals surface area (Å²) in [6, 6.07) is 0.773. The molecule has 0 heterocycles. The molecule has 2 aliphatic rings. The van der Waals surface area contributed by atoms with Gasteiger partial charge in [-0.05, 0) is 44.1 Å². The van der Waals surface area contributed by atoms with Gasteiger partial charge < -0.3 is 10.1 Å². The summed E-state index contributed by atoms with van der Waals surface area (Å²) in [4.78, 5) is 0. The van der Waals surface area contributed by atoms with E-state index in [1.807, 2.05) is 0 Å². The van der Waals surface area contributed by atoms with Crippen molar-refractivity contribution in [3.8, 4) is 0 Å². The average Bonchev–Trinajstić information content (AvgIpc) is 2.69. The summed E-state index contributed by atoms with van der Waals surface area (Å²) in [6.45, 7) is 5.32. The van der Waals surface area contributed by atoms with E-state index in [0.29, 0.717) is 0 Å². The second-order valence-corrected chi connectivity index (χ2v) is 5.84. The van der Waals surface area contributed by atoms with Crippen LogP contribution in [0.5, 0.6) is 0 Å². The van der Waals surface area contributed by atoms with Crippen molar-refractivity contribution in [2.75, 3.05) is 19.8 Å². The van der Waals surface area contributed by atoms with E-state index < -0.39 is 0 Å². The van der Waals surface area contributed by atoms with Crippen LogP contribution in [0.25, 0.3) is 0 Å². The first-order valence-corrected chi connectivity index (χ1v) is 7.71. The van der Waals surface area contributed by atoms with Gasteiger partial charge in [-0.25, -0.2) is 0 Å². The third-order valence-electron chi connectivity index (χ3n) is 4.65. The van der Waals surface area contributed by atoms with Gasteiger partial charge in [0.05, 0.1) is 0 Å². The van der Waals surface area contributed by atoms with Gasteiger partial charge >= 0.3 is 0 Å². The Balaban J connectivity index is 1.48. The van der Waals surface area contributed by atoms with Crippen LogP contribution >= 0.6 is 0 Å². The summed E-state index contributed by atoms with van der Waals surface area (Å²) in [5.74, 6) is 1.87. The predicted octanol–water partition coefficient (Wildman–Crippen LogP) is 3.36. The largest absolute Gasteiger partial charge is 0.381 e. The van der Waals surface area contributed by atoms with Crippen LogP contribution in [-0.4, -0.2) is 25.8 Å². The van der Waals surface area contributed by atoms with Crippen molar-refractivity contribution in [2.45, 2.75) is 64.3 Å². The van der Waals surface area contributed by atoms with Crippen LogP contribution in [0.4, 0.5) is 0 Å². The first kappa shape index (κ1) is 13.4. The van der Waals surface area contributed by atoms with E-state index in [1.165, 1.54) is 51.4 Å². The SMILES string of the molecule is CCNC1CCCC1CCOCCC1CCC1. The predicted molar refractivity (Wildman–Crippen MR) is 72.2 cm³/mol. The Bertz CT molecular complexity index is 203. The minimum absolute atomic E-state index is 0.773. The van der Waals surface area contributed by atoms with E-state index in [9.17, 15) is 0 Å². The molecule has 0 saturated heterocycles. The Hall–Kier alpha value is -0.0800. The molecule has 2 aliphatic carbocycles. The van der Waals surface area contributed by atoms with Gasteiger partial charge in [0.25, 0.3) is 0 Å². The lowest BCUT2D eigenvalue weighted by molar-refractivity contribution is 0.0937. The molecular weight excluding hydrogens is 210 g/mol. The van der Waals surface area contributed by atoms with Gasteiger partial charge in [-0.3, -0.25) is 0 Å². The molecule has 2 saturated carbocycles. The maximum atomic E-state index is 5.80. The fourth-order valence-corrected chi connectivity index (χ4v) is 3.28. The molecule has 0 aromatic carbocycles. The molecule has 0 bridgehead atoms. The smallest absolute Gasteiger partial charge is 0.0469 e. The highest BCUT2D eigenvalue weighted by atomic mass is 16.5. The number of hydrogen-bond donors (Lipinski definition) is 1. The normalized spacial score (nSPS) is 29.5. The molecule has 0 aromatic heterocycles. The standard InChI is InChI=1S/C15H29NO/c1-2-16-15-8-4-7-14(15)10-12-17-11-9-13-5-3-6-13/h13-16H,2-12H2,1H3. The fraction of sp³-hybridized carbons (Fsp3) is 1.00. The molecule has 2 atom stereocenters. The van der Waals surface area contributed by atoms with Gasteiger partial charge in [-0.15, -0.1) is 0 Å². The monoisotopic (exact) mass is 239 g/mol. The Kier molecular flexibility index (Phi) is 5.79. The van der Waals surface area contributed by atoms with Crippen molar-refractivity contribution in [1.82, 2.24) is 5.32 Å². The van der Waals surface area contributed by atoms with Crippen LogP contribution in [0.3, 0.4) is 0 Å². The van der Waals surface area contributed by atoms with E-state index in [2.05, 4.69) is 12.2 Å². The van der Waals surface area contributed by atoms with E-state index in [4.69, 9.17) is 4.74 Å². The average molecular weight is 239 g/mol. The zero-order valence-corrected chi connectivity index (χ0v) is 11.4. The fourth-order valence-electron chi connectivity index (χ4n) is 3.28. The first-order valence-electron chi connectivity index (χ1n) is 7.71. The third kappa shape index (κ3) is 4.26. The highest BCUT2D eigenvalue weighted by molar-refractivity contribution is 4.82. The van der Waals surface area contributed by atoms with Crippen LogP contribution in [-0.2, 0) is 4.74 Å². The molecule has 0 aliphatic heterocycles. The lowest BCUT2D eigenvalue weighted by atomic mass is 9.83. The van der Waals surface area contributed by atoms with E-state index in [0.717, 1.165) is 37.6 Å². The van der Waals surface area contributed by atoms with Crippen molar-refractivity contribution in [3.05, 3.63) is 0 Å². The third-order valence-corrected chi connectivity index (χ3v) is 4.65. The first-order chi connectivity index (χ1) is 8.40. The molecule has 100 valence electrons. The van der Waals surface area contributed by atoms with Crippen LogP contribution in [0.2, 0.25) is 0 Å². The summed E-state index contributed by atoms with van der Waals surface area (Å²) >= 11 is 0. The van der Waals surface area contributed by atoms with Crippen LogP contribution < -0.4 is 5.32 Å². The lowest BCUT2D eigenvalue weighted by Gasteiger charge is -2.25. The molecule has 0 amide bonds. The minimum Gasteiger partial charge on any atom is -0.381 e. The molecule has 1 N–H and O–H groups in total. The Morgan fingerprint density at radius 1 is 1.00 bits per heavy atom. The number of nitrogens with one attached hydrogen (secondary N) is 1. The molecule has 2 fully saturated rings. The van der Waals surface area contributed by atoms with E-state index >= 15 is 0 Å². The highest BCUT2D eigenvalue weighted by Crippen LogP contribution is 2.30. The van der Waals surface area contributed by atoms with Crippen molar-refractivity contribution < 1.29 is 4.74 Å². The summed E-state index contributed by atoms with van der Waals surface area (Å²) < 4.78 is 5.80. The minimum atomic E-state index is 0.773. The number of ether oxygens (including phenoxy) is 1. The Morgan fingerprint density at radius 2 is 1.76 bits per heavy atom. The topological polar surface area (TPSA) is 21.3 Å². The molecule has 2 unspecified atom stereocenters. The van der Waals surface area contributed by atoms with Crippen molar-refractivity contribution in [3.63, 3.8) is 0 Å². The highest BCUT2D eigenvalue weighted by Gasteiger charge is 2.25. The second-order valence-electron chi connectivity index (χ2n) is 5.84. The lowest BCUT2D eigenvalue weighted by Crippen LogP contribution is -2.32. The van der Waals surface area contributed by atoms with Gasteiger partial charge in [0.15, 0.2) is 0 Å². The molecule has 0 radical (unpaired) electrons. The molecule has 0 spiro atoms. The Morgan fingerprint density at radius 3 is 2.47 bits per heavy atom. The van der Waals surface area contributed by atoms with E-state index in [1.54, 1.807) is 0 Å². The molecule has 17 heavy (non-hydrogen) atoms. The zero-order chi connectivity index (χ0) is 11.9. The van der Waals surface area contributed by atoms with E-state index in [-0.39, 0.29) is 0 Å².